The van der Waals surface area contributed by atoms with Gasteiger partial charge in [0.15, 0.2) is 0 Å². The molecule has 1 unspecified atom stereocenters. The van der Waals surface area contributed by atoms with Gasteiger partial charge >= 0.3 is 6.18 Å². The molecule has 3 nitrogen and oxygen atoms in total. The first-order valence-electron chi connectivity index (χ1n) is 10.9. The summed E-state index contributed by atoms with van der Waals surface area (Å²) in [6.45, 7) is 1.82. The fourth-order valence-corrected chi connectivity index (χ4v) is 4.18. The van der Waals surface area contributed by atoms with Crippen molar-refractivity contribution in [3.63, 3.8) is 0 Å². The third kappa shape index (κ3) is 5.38. The monoisotopic (exact) mass is 494 g/mol. The van der Waals surface area contributed by atoms with Crippen molar-refractivity contribution < 1.29 is 18.0 Å². The van der Waals surface area contributed by atoms with Gasteiger partial charge in [-0.15, -0.1) is 0 Å². The molecule has 0 aliphatic heterocycles. The van der Waals surface area contributed by atoms with E-state index in [0.717, 1.165) is 23.3 Å². The highest BCUT2D eigenvalue weighted by Crippen LogP contribution is 2.37. The lowest BCUT2D eigenvalue weighted by Crippen LogP contribution is -2.49. The quantitative estimate of drug-likeness (QED) is 0.314. The van der Waals surface area contributed by atoms with Gasteiger partial charge < -0.3 is 5.32 Å². The average Bonchev–Trinajstić information content (AvgIpc) is 2.86. The Kier molecular flexibility index (Phi) is 6.94. The van der Waals surface area contributed by atoms with Gasteiger partial charge in [-0.05, 0) is 60.0 Å². The standard InChI is InChI=1S/C28H22ClF3N2O/c1-19-13-14-21(16-24(19)29)26(35)34-27(25-12-5-6-15-33-25,18-20-8-3-2-4-9-20)22-10-7-11-23(17-22)28(30,31)32/h2-17H,18H2,1H3,(H,34,35). The maximum Gasteiger partial charge on any atom is 0.416 e. The summed E-state index contributed by atoms with van der Waals surface area (Å²) >= 11 is 6.25. The van der Waals surface area contributed by atoms with E-state index in [0.29, 0.717) is 16.3 Å². The molecule has 35 heavy (non-hydrogen) atoms. The lowest BCUT2D eigenvalue weighted by molar-refractivity contribution is -0.137. The second-order valence-electron chi connectivity index (χ2n) is 8.28. The Balaban J connectivity index is 1.92. The predicted molar refractivity (Wildman–Crippen MR) is 130 cm³/mol. The summed E-state index contributed by atoms with van der Waals surface area (Å²) in [6, 6.07) is 24.3. The highest BCUT2D eigenvalue weighted by Gasteiger charge is 2.40. The summed E-state index contributed by atoms with van der Waals surface area (Å²) < 4.78 is 41.0. The van der Waals surface area contributed by atoms with Gasteiger partial charge in [0, 0.05) is 23.2 Å². The van der Waals surface area contributed by atoms with E-state index in [9.17, 15) is 18.0 Å². The van der Waals surface area contributed by atoms with Gasteiger partial charge in [-0.25, -0.2) is 0 Å². The van der Waals surface area contributed by atoms with Gasteiger partial charge in [0.2, 0.25) is 0 Å². The van der Waals surface area contributed by atoms with Crippen LogP contribution in [0.1, 0.15) is 38.3 Å². The van der Waals surface area contributed by atoms with E-state index in [1.165, 1.54) is 6.07 Å². The summed E-state index contributed by atoms with van der Waals surface area (Å²) in [5, 5.41) is 3.45. The Morgan fingerprint density at radius 1 is 0.886 bits per heavy atom. The van der Waals surface area contributed by atoms with E-state index in [4.69, 9.17) is 11.6 Å². The van der Waals surface area contributed by atoms with Crippen LogP contribution in [0, 0.1) is 6.92 Å². The maximum absolute atomic E-state index is 13.7. The first kappa shape index (κ1) is 24.5. The zero-order chi connectivity index (χ0) is 25.1. The first-order chi connectivity index (χ1) is 16.7. The molecule has 0 radical (unpaired) electrons. The zero-order valence-electron chi connectivity index (χ0n) is 18.8. The van der Waals surface area contributed by atoms with E-state index in [-0.39, 0.29) is 12.0 Å². The molecule has 0 spiro atoms. The van der Waals surface area contributed by atoms with E-state index >= 15 is 0 Å². The molecule has 1 atom stereocenters. The number of aromatic nitrogens is 1. The topological polar surface area (TPSA) is 42.0 Å². The van der Waals surface area contributed by atoms with Crippen LogP contribution in [0.3, 0.4) is 0 Å². The van der Waals surface area contributed by atoms with Crippen molar-refractivity contribution in [2.24, 2.45) is 0 Å². The number of hydrogen-bond donors (Lipinski definition) is 1. The van der Waals surface area contributed by atoms with Crippen molar-refractivity contribution in [2.75, 3.05) is 0 Å². The molecule has 4 rings (SSSR count). The second kappa shape index (κ2) is 9.92. The van der Waals surface area contributed by atoms with Gasteiger partial charge in [0.25, 0.3) is 5.91 Å². The highest BCUT2D eigenvalue weighted by atomic mass is 35.5. The molecule has 1 aromatic heterocycles. The Hall–Kier alpha value is -3.64. The fraction of sp³-hybridized carbons (Fsp3) is 0.143. The van der Waals surface area contributed by atoms with Crippen molar-refractivity contribution in [2.45, 2.75) is 25.1 Å². The molecule has 4 aromatic rings. The molecule has 1 amide bonds. The number of halogens is 4. The minimum atomic E-state index is -4.55. The number of aryl methyl sites for hydroxylation is 1. The Labute approximate surface area is 206 Å². The smallest absolute Gasteiger partial charge is 0.337 e. The van der Waals surface area contributed by atoms with E-state index < -0.39 is 23.2 Å². The first-order valence-corrected chi connectivity index (χ1v) is 11.3. The second-order valence-corrected chi connectivity index (χ2v) is 8.69. The highest BCUT2D eigenvalue weighted by molar-refractivity contribution is 6.31. The molecule has 0 fully saturated rings. The fourth-order valence-electron chi connectivity index (χ4n) is 4.00. The van der Waals surface area contributed by atoms with Crippen LogP contribution in [0.2, 0.25) is 5.02 Å². The third-order valence-electron chi connectivity index (χ3n) is 5.86. The van der Waals surface area contributed by atoms with E-state index in [1.807, 2.05) is 37.3 Å². The van der Waals surface area contributed by atoms with Crippen LogP contribution < -0.4 is 5.32 Å². The molecular formula is C28H22ClF3N2O. The van der Waals surface area contributed by atoms with Gasteiger partial charge in [0.05, 0.1) is 11.3 Å². The molecule has 7 heteroatoms. The summed E-state index contributed by atoms with van der Waals surface area (Å²) in [5.74, 6) is -0.481. The van der Waals surface area contributed by atoms with Crippen LogP contribution in [-0.2, 0) is 18.1 Å². The zero-order valence-corrected chi connectivity index (χ0v) is 19.6. The van der Waals surface area contributed by atoms with Crippen molar-refractivity contribution in [3.8, 4) is 0 Å². The Bertz CT molecular complexity index is 1330. The molecule has 0 saturated heterocycles. The third-order valence-corrected chi connectivity index (χ3v) is 6.27. The van der Waals surface area contributed by atoms with Gasteiger partial charge in [0.1, 0.15) is 5.54 Å². The van der Waals surface area contributed by atoms with Crippen LogP contribution in [0.5, 0.6) is 0 Å². The van der Waals surface area contributed by atoms with Crippen molar-refractivity contribution in [3.05, 3.63) is 136 Å². The van der Waals surface area contributed by atoms with Crippen LogP contribution in [0.25, 0.3) is 0 Å². The summed E-state index contributed by atoms with van der Waals surface area (Å²) in [6.07, 6.45) is -2.82. The molecule has 0 bridgehead atoms. The van der Waals surface area contributed by atoms with Crippen molar-refractivity contribution >= 4 is 17.5 Å². The Morgan fingerprint density at radius 3 is 2.26 bits per heavy atom. The normalized spacial score (nSPS) is 13.2. The van der Waals surface area contributed by atoms with E-state index in [1.54, 1.807) is 48.7 Å². The van der Waals surface area contributed by atoms with E-state index in [2.05, 4.69) is 10.3 Å². The largest absolute Gasteiger partial charge is 0.416 e. The molecule has 1 N–H and O–H groups in total. The molecule has 0 aliphatic rings. The number of nitrogens with one attached hydrogen (secondary N) is 1. The van der Waals surface area contributed by atoms with Gasteiger partial charge in [-0.1, -0.05) is 66.2 Å². The minimum absolute atomic E-state index is 0.178. The number of carbonyl (C=O) groups excluding carboxylic acids is 1. The van der Waals surface area contributed by atoms with Crippen LogP contribution in [-0.4, -0.2) is 10.9 Å². The average molecular weight is 495 g/mol. The lowest BCUT2D eigenvalue weighted by Gasteiger charge is -2.36. The maximum atomic E-state index is 13.7. The minimum Gasteiger partial charge on any atom is -0.337 e. The predicted octanol–water partition coefficient (Wildman–Crippen LogP) is 6.98. The molecule has 1 heterocycles. The summed E-state index contributed by atoms with van der Waals surface area (Å²) in [7, 11) is 0. The molecular weight excluding hydrogens is 473 g/mol. The number of amides is 1. The molecule has 0 saturated carbocycles. The number of rotatable bonds is 6. The SMILES string of the molecule is Cc1ccc(C(=O)NC(Cc2ccccc2)(c2cccc(C(F)(F)F)c2)c2ccccn2)cc1Cl. The number of pyridine rings is 1. The number of hydrogen-bond acceptors (Lipinski definition) is 2. The summed E-state index contributed by atoms with van der Waals surface area (Å²) in [4.78, 5) is 18.0. The van der Waals surface area contributed by atoms with Crippen LogP contribution in [0.15, 0.2) is 97.2 Å². The van der Waals surface area contributed by atoms with Crippen molar-refractivity contribution in [1.82, 2.24) is 10.3 Å². The molecule has 3 aromatic carbocycles. The summed E-state index contributed by atoms with van der Waals surface area (Å²) in [5.41, 5.74) is 0.394. The molecule has 178 valence electrons. The lowest BCUT2D eigenvalue weighted by atomic mass is 9.79. The number of benzene rings is 3. The number of nitrogens with zero attached hydrogens (tertiary/aromatic N) is 1. The van der Waals surface area contributed by atoms with Crippen LogP contribution in [0.4, 0.5) is 13.2 Å². The van der Waals surface area contributed by atoms with Gasteiger partial charge in [-0.2, -0.15) is 13.2 Å². The number of carbonyl (C=O) groups is 1. The molecule has 0 aliphatic carbocycles. The number of alkyl halides is 3. The van der Waals surface area contributed by atoms with Gasteiger partial charge in [-0.3, -0.25) is 9.78 Å². The Morgan fingerprint density at radius 2 is 1.60 bits per heavy atom. The van der Waals surface area contributed by atoms with Crippen molar-refractivity contribution in [1.29, 1.82) is 0 Å². The van der Waals surface area contributed by atoms with Crippen LogP contribution >= 0.6 is 11.6 Å².